The summed E-state index contributed by atoms with van der Waals surface area (Å²) in [7, 11) is 1.50. The molecular weight excluding hydrogens is 380 g/mol. The summed E-state index contributed by atoms with van der Waals surface area (Å²) in [4.78, 5) is 27.1. The van der Waals surface area contributed by atoms with Gasteiger partial charge in [0.05, 0.1) is 37.3 Å². The fraction of sp³-hybridized carbons (Fsp3) is 0.333. The van der Waals surface area contributed by atoms with Gasteiger partial charge in [-0.25, -0.2) is 0 Å². The van der Waals surface area contributed by atoms with E-state index in [-0.39, 0.29) is 24.5 Å². The Kier molecular flexibility index (Phi) is 6.90. The van der Waals surface area contributed by atoms with E-state index in [9.17, 15) is 9.59 Å². The number of para-hydroxylation sites is 2. The summed E-state index contributed by atoms with van der Waals surface area (Å²) < 4.78 is 10.6. The van der Waals surface area contributed by atoms with Crippen molar-refractivity contribution in [1.29, 1.82) is 0 Å². The number of Topliss-reactive ketones (excluding diaryl/α,β-unsaturated/α-hetero) is 1. The summed E-state index contributed by atoms with van der Waals surface area (Å²) in [6, 6.07) is 12.5. The summed E-state index contributed by atoms with van der Waals surface area (Å²) >= 11 is 5.98. The van der Waals surface area contributed by atoms with E-state index in [1.54, 1.807) is 18.2 Å². The van der Waals surface area contributed by atoms with E-state index < -0.39 is 0 Å². The number of morpholine rings is 1. The van der Waals surface area contributed by atoms with Crippen LogP contribution in [0.2, 0.25) is 5.02 Å². The van der Waals surface area contributed by atoms with Gasteiger partial charge in [-0.3, -0.25) is 9.59 Å². The zero-order valence-electron chi connectivity index (χ0n) is 15.7. The molecule has 0 radical (unpaired) electrons. The topological polar surface area (TPSA) is 67.9 Å². The van der Waals surface area contributed by atoms with Crippen LogP contribution < -0.4 is 15.0 Å². The Morgan fingerprint density at radius 3 is 2.64 bits per heavy atom. The molecule has 2 aromatic carbocycles. The number of hydrogen-bond acceptors (Lipinski definition) is 5. The predicted octanol–water partition coefficient (Wildman–Crippen LogP) is 3.79. The number of nitrogens with zero attached hydrogens (tertiary/aromatic N) is 1. The molecule has 148 valence electrons. The van der Waals surface area contributed by atoms with Gasteiger partial charge in [0.2, 0.25) is 5.91 Å². The zero-order valence-corrected chi connectivity index (χ0v) is 16.5. The third kappa shape index (κ3) is 5.03. The average molecular weight is 403 g/mol. The van der Waals surface area contributed by atoms with Crippen molar-refractivity contribution in [3.8, 4) is 5.75 Å². The Bertz CT molecular complexity index is 850. The number of hydrogen-bond donors (Lipinski definition) is 1. The van der Waals surface area contributed by atoms with E-state index in [0.29, 0.717) is 29.5 Å². The van der Waals surface area contributed by atoms with Gasteiger partial charge in [0.15, 0.2) is 5.78 Å². The van der Waals surface area contributed by atoms with Crippen LogP contribution in [-0.2, 0) is 9.53 Å². The quantitative estimate of drug-likeness (QED) is 0.714. The number of benzene rings is 2. The molecule has 7 heteroatoms. The molecule has 28 heavy (non-hydrogen) atoms. The highest BCUT2D eigenvalue weighted by molar-refractivity contribution is 6.31. The number of methoxy groups -OCH3 is 1. The van der Waals surface area contributed by atoms with E-state index in [1.807, 2.05) is 24.3 Å². The molecule has 0 bridgehead atoms. The van der Waals surface area contributed by atoms with Gasteiger partial charge in [0.25, 0.3) is 0 Å². The third-order valence-electron chi connectivity index (χ3n) is 4.57. The molecule has 1 saturated heterocycles. The molecule has 1 N–H and O–H groups in total. The minimum absolute atomic E-state index is 0.0717. The number of anilines is 2. The molecule has 1 aliphatic heterocycles. The number of carbonyl (C=O) groups is 2. The van der Waals surface area contributed by atoms with Crippen LogP contribution in [0.25, 0.3) is 0 Å². The number of carbonyl (C=O) groups excluding carboxylic acids is 2. The lowest BCUT2D eigenvalue weighted by Crippen LogP contribution is -2.36. The van der Waals surface area contributed by atoms with Crippen molar-refractivity contribution in [2.45, 2.75) is 12.8 Å². The number of amides is 1. The Morgan fingerprint density at radius 1 is 1.14 bits per heavy atom. The summed E-state index contributed by atoms with van der Waals surface area (Å²) in [5, 5.41) is 3.38. The smallest absolute Gasteiger partial charge is 0.224 e. The number of rotatable bonds is 7. The second kappa shape index (κ2) is 9.57. The second-order valence-electron chi connectivity index (χ2n) is 6.43. The molecule has 0 atom stereocenters. The third-order valence-corrected chi connectivity index (χ3v) is 4.81. The van der Waals surface area contributed by atoms with Crippen LogP contribution in [0.3, 0.4) is 0 Å². The summed E-state index contributed by atoms with van der Waals surface area (Å²) in [6.07, 6.45) is 0.147. The molecule has 6 nitrogen and oxygen atoms in total. The molecule has 1 heterocycles. The van der Waals surface area contributed by atoms with Crippen molar-refractivity contribution >= 4 is 34.7 Å². The predicted molar refractivity (Wildman–Crippen MR) is 110 cm³/mol. The maximum atomic E-state index is 12.5. The monoisotopic (exact) mass is 402 g/mol. The van der Waals surface area contributed by atoms with Crippen LogP contribution in [0.1, 0.15) is 23.2 Å². The summed E-state index contributed by atoms with van der Waals surface area (Å²) in [5.41, 5.74) is 2.08. The van der Waals surface area contributed by atoms with Crippen molar-refractivity contribution in [3.05, 3.63) is 53.1 Å². The fourth-order valence-corrected chi connectivity index (χ4v) is 3.30. The molecule has 1 aliphatic rings. The minimum Gasteiger partial charge on any atom is -0.496 e. The Balaban J connectivity index is 1.62. The van der Waals surface area contributed by atoms with Crippen molar-refractivity contribution < 1.29 is 19.1 Å². The number of halogens is 1. The molecule has 0 aliphatic carbocycles. The molecule has 1 fully saturated rings. The second-order valence-corrected chi connectivity index (χ2v) is 6.87. The fourth-order valence-electron chi connectivity index (χ4n) is 3.13. The van der Waals surface area contributed by atoms with Gasteiger partial charge >= 0.3 is 0 Å². The van der Waals surface area contributed by atoms with Crippen molar-refractivity contribution in [3.63, 3.8) is 0 Å². The molecule has 1 amide bonds. The standard InChI is InChI=1S/C21H23ClN2O4/c1-27-20-8-6-15(22)14-16(20)19(25)7-9-21(26)23-17-4-2-3-5-18(17)24-10-12-28-13-11-24/h2-6,8,14H,7,9-13H2,1H3,(H,23,26). The van der Waals surface area contributed by atoms with E-state index in [0.717, 1.165) is 24.5 Å². The maximum absolute atomic E-state index is 12.5. The first-order chi connectivity index (χ1) is 13.6. The number of ether oxygens (including phenoxy) is 2. The molecule has 0 spiro atoms. The first kappa shape index (κ1) is 20.2. The van der Waals surface area contributed by atoms with Gasteiger partial charge < -0.3 is 19.7 Å². The molecule has 0 unspecified atom stereocenters. The molecule has 0 saturated carbocycles. The van der Waals surface area contributed by atoms with Gasteiger partial charge in [-0.2, -0.15) is 0 Å². The van der Waals surface area contributed by atoms with Crippen LogP contribution in [0, 0.1) is 0 Å². The minimum atomic E-state index is -0.213. The highest BCUT2D eigenvalue weighted by Crippen LogP contribution is 2.27. The van der Waals surface area contributed by atoms with Crippen LogP contribution in [0.15, 0.2) is 42.5 Å². The molecule has 3 rings (SSSR count). The Hall–Kier alpha value is -2.57. The first-order valence-electron chi connectivity index (χ1n) is 9.17. The largest absolute Gasteiger partial charge is 0.496 e. The SMILES string of the molecule is COc1ccc(Cl)cc1C(=O)CCC(=O)Nc1ccccc1N1CCOCC1. The molecular formula is C21H23ClN2O4. The average Bonchev–Trinajstić information content (AvgIpc) is 2.73. The van der Waals surface area contributed by atoms with Crippen LogP contribution in [0.4, 0.5) is 11.4 Å². The van der Waals surface area contributed by atoms with E-state index >= 15 is 0 Å². The summed E-state index contributed by atoms with van der Waals surface area (Å²) in [5.74, 6) is 0.0542. The van der Waals surface area contributed by atoms with Crippen LogP contribution in [0.5, 0.6) is 5.75 Å². The highest BCUT2D eigenvalue weighted by atomic mass is 35.5. The first-order valence-corrected chi connectivity index (χ1v) is 9.54. The van der Waals surface area contributed by atoms with Gasteiger partial charge in [-0.05, 0) is 30.3 Å². The number of nitrogens with one attached hydrogen (secondary N) is 1. The zero-order chi connectivity index (χ0) is 19.9. The van der Waals surface area contributed by atoms with Crippen molar-refractivity contribution in [2.75, 3.05) is 43.6 Å². The van der Waals surface area contributed by atoms with Crippen molar-refractivity contribution in [2.24, 2.45) is 0 Å². The van der Waals surface area contributed by atoms with E-state index in [2.05, 4.69) is 10.2 Å². The van der Waals surface area contributed by atoms with Gasteiger partial charge in [0.1, 0.15) is 5.75 Å². The summed E-state index contributed by atoms with van der Waals surface area (Å²) in [6.45, 7) is 2.89. The number of ketones is 1. The van der Waals surface area contributed by atoms with E-state index in [1.165, 1.54) is 7.11 Å². The maximum Gasteiger partial charge on any atom is 0.224 e. The van der Waals surface area contributed by atoms with Gasteiger partial charge in [0, 0.05) is 31.0 Å². The van der Waals surface area contributed by atoms with Crippen molar-refractivity contribution in [1.82, 2.24) is 0 Å². The lowest BCUT2D eigenvalue weighted by Gasteiger charge is -2.30. The highest BCUT2D eigenvalue weighted by Gasteiger charge is 2.18. The van der Waals surface area contributed by atoms with Crippen LogP contribution >= 0.6 is 11.6 Å². The van der Waals surface area contributed by atoms with Gasteiger partial charge in [-0.1, -0.05) is 23.7 Å². The molecule has 0 aromatic heterocycles. The lowest BCUT2D eigenvalue weighted by molar-refractivity contribution is -0.116. The Labute approximate surface area is 169 Å². The Morgan fingerprint density at radius 2 is 1.89 bits per heavy atom. The van der Waals surface area contributed by atoms with Crippen LogP contribution in [-0.4, -0.2) is 45.1 Å². The molecule has 2 aromatic rings. The normalized spacial score (nSPS) is 13.9. The van der Waals surface area contributed by atoms with Gasteiger partial charge in [-0.15, -0.1) is 0 Å². The lowest BCUT2D eigenvalue weighted by atomic mass is 10.1. The van der Waals surface area contributed by atoms with E-state index in [4.69, 9.17) is 21.1 Å².